The van der Waals surface area contributed by atoms with Crippen molar-refractivity contribution < 1.29 is 9.47 Å². The Morgan fingerprint density at radius 2 is 1.80 bits per heavy atom. The third kappa shape index (κ3) is 1.85. The van der Waals surface area contributed by atoms with E-state index in [1.807, 2.05) is 0 Å². The Kier molecular flexibility index (Phi) is 2.44. The molecule has 0 unspecified atom stereocenters. The zero-order valence-corrected chi connectivity index (χ0v) is 8.28. The summed E-state index contributed by atoms with van der Waals surface area (Å²) in [5, 5.41) is 3.91. The highest BCUT2D eigenvalue weighted by atomic mass is 16.5. The predicted octanol–water partition coefficient (Wildman–Crippen LogP) is 0.0745. The maximum absolute atomic E-state index is 5.00. The summed E-state index contributed by atoms with van der Waals surface area (Å²) in [6.45, 7) is 0. The first kappa shape index (κ1) is 9.38. The van der Waals surface area contributed by atoms with Crippen LogP contribution in [0, 0.1) is 0 Å². The molecular weight excluding hydrogens is 198 g/mol. The van der Waals surface area contributed by atoms with Gasteiger partial charge in [0.2, 0.25) is 11.8 Å². The van der Waals surface area contributed by atoms with Crippen molar-refractivity contribution in [3.63, 3.8) is 0 Å². The largest absolute Gasteiger partial charge is 0.481 e. The molecule has 7 heteroatoms. The molecule has 0 amide bonds. The van der Waals surface area contributed by atoms with Gasteiger partial charge in [0, 0.05) is 0 Å². The molecule has 2 heterocycles. The van der Waals surface area contributed by atoms with Gasteiger partial charge in [0.05, 0.1) is 20.3 Å². The van der Waals surface area contributed by atoms with E-state index in [4.69, 9.17) is 9.47 Å². The second-order valence-corrected chi connectivity index (χ2v) is 2.59. The molecule has 0 bridgehead atoms. The highest BCUT2D eigenvalue weighted by Crippen LogP contribution is 2.15. The van der Waals surface area contributed by atoms with Gasteiger partial charge in [-0.05, 0) is 0 Å². The van der Waals surface area contributed by atoms with E-state index in [2.05, 4.69) is 20.1 Å². The molecule has 0 saturated carbocycles. The molecule has 0 N–H and O–H groups in total. The van der Waals surface area contributed by atoms with Crippen molar-refractivity contribution in [2.75, 3.05) is 14.2 Å². The average molecular weight is 207 g/mol. The van der Waals surface area contributed by atoms with E-state index < -0.39 is 0 Å². The number of methoxy groups -OCH3 is 2. The molecule has 0 saturated heterocycles. The highest BCUT2D eigenvalue weighted by molar-refractivity contribution is 5.25. The van der Waals surface area contributed by atoms with Crippen LogP contribution in [0.1, 0.15) is 0 Å². The fourth-order valence-corrected chi connectivity index (χ4v) is 1.02. The van der Waals surface area contributed by atoms with Crippen LogP contribution in [0.2, 0.25) is 0 Å². The quantitative estimate of drug-likeness (QED) is 0.709. The Balaban J connectivity index is 2.47. The van der Waals surface area contributed by atoms with Crippen LogP contribution >= 0.6 is 0 Å². The molecule has 0 aromatic carbocycles. The first-order chi connectivity index (χ1) is 7.33. The van der Waals surface area contributed by atoms with E-state index in [-0.39, 0.29) is 0 Å². The van der Waals surface area contributed by atoms with Crippen LogP contribution in [0.5, 0.6) is 11.8 Å². The number of ether oxygens (including phenoxy) is 2. The first-order valence-corrected chi connectivity index (χ1v) is 4.15. The van der Waals surface area contributed by atoms with Gasteiger partial charge in [0.25, 0.3) is 5.95 Å². The summed E-state index contributed by atoms with van der Waals surface area (Å²) < 4.78 is 11.4. The second kappa shape index (κ2) is 3.91. The van der Waals surface area contributed by atoms with Crippen molar-refractivity contribution in [1.29, 1.82) is 0 Å². The summed E-state index contributed by atoms with van der Waals surface area (Å²) in [5.41, 5.74) is 0. The van der Waals surface area contributed by atoms with Crippen LogP contribution in [0.15, 0.2) is 18.7 Å². The summed E-state index contributed by atoms with van der Waals surface area (Å²) in [4.78, 5) is 12.0. The van der Waals surface area contributed by atoms with Gasteiger partial charge in [-0.25, -0.2) is 4.98 Å². The van der Waals surface area contributed by atoms with Crippen molar-refractivity contribution in [2.24, 2.45) is 0 Å². The van der Waals surface area contributed by atoms with E-state index >= 15 is 0 Å². The number of hydrogen-bond acceptors (Lipinski definition) is 6. The molecule has 2 aromatic heterocycles. The average Bonchev–Trinajstić information content (AvgIpc) is 2.81. The number of rotatable bonds is 3. The van der Waals surface area contributed by atoms with E-state index in [9.17, 15) is 0 Å². The normalized spacial score (nSPS) is 10.0. The molecule has 2 aromatic rings. The molecule has 2 rings (SSSR count). The zero-order chi connectivity index (χ0) is 10.7. The molecule has 0 radical (unpaired) electrons. The lowest BCUT2D eigenvalue weighted by Gasteiger charge is -2.04. The standard InChI is InChI=1S/C8H9N5O2/c1-14-6-3-7(15-2)12-8(11-6)13-5-9-4-10-13/h3-5H,1-2H3. The van der Waals surface area contributed by atoms with E-state index in [0.29, 0.717) is 17.7 Å². The summed E-state index contributed by atoms with van der Waals surface area (Å²) in [6.07, 6.45) is 2.89. The van der Waals surface area contributed by atoms with Crippen molar-refractivity contribution in [3.8, 4) is 17.7 Å². The molecule has 0 atom stereocenters. The molecule has 0 spiro atoms. The van der Waals surface area contributed by atoms with E-state index in [1.165, 1.54) is 31.6 Å². The van der Waals surface area contributed by atoms with Crippen molar-refractivity contribution in [1.82, 2.24) is 24.7 Å². The lowest BCUT2D eigenvalue weighted by atomic mass is 10.6. The van der Waals surface area contributed by atoms with Gasteiger partial charge < -0.3 is 9.47 Å². The lowest BCUT2D eigenvalue weighted by Crippen LogP contribution is -2.04. The van der Waals surface area contributed by atoms with Gasteiger partial charge in [-0.2, -0.15) is 19.7 Å². The van der Waals surface area contributed by atoms with Crippen molar-refractivity contribution in [2.45, 2.75) is 0 Å². The SMILES string of the molecule is COc1cc(OC)nc(-n2cncn2)n1. The minimum Gasteiger partial charge on any atom is -0.481 e. The number of aromatic nitrogens is 5. The Labute approximate surface area is 85.7 Å². The fraction of sp³-hybridized carbons (Fsp3) is 0.250. The topological polar surface area (TPSA) is 75.0 Å². The molecule has 0 aliphatic carbocycles. The van der Waals surface area contributed by atoms with Crippen LogP contribution in [0.3, 0.4) is 0 Å². The Morgan fingerprint density at radius 1 is 1.13 bits per heavy atom. The van der Waals surface area contributed by atoms with Gasteiger partial charge in [-0.15, -0.1) is 0 Å². The van der Waals surface area contributed by atoms with Crippen molar-refractivity contribution >= 4 is 0 Å². The second-order valence-electron chi connectivity index (χ2n) is 2.59. The molecular formula is C8H9N5O2. The first-order valence-electron chi connectivity index (χ1n) is 4.15. The maximum Gasteiger partial charge on any atom is 0.258 e. The summed E-state index contributed by atoms with van der Waals surface area (Å²) in [5.74, 6) is 1.17. The van der Waals surface area contributed by atoms with Crippen LogP contribution in [-0.2, 0) is 0 Å². The number of hydrogen-bond donors (Lipinski definition) is 0. The van der Waals surface area contributed by atoms with E-state index in [0.717, 1.165) is 0 Å². The molecule has 15 heavy (non-hydrogen) atoms. The van der Waals surface area contributed by atoms with Gasteiger partial charge in [-0.3, -0.25) is 0 Å². The molecule has 78 valence electrons. The minimum absolute atomic E-state index is 0.351. The minimum atomic E-state index is 0.351. The maximum atomic E-state index is 5.00. The monoisotopic (exact) mass is 207 g/mol. The van der Waals surface area contributed by atoms with Crippen molar-refractivity contribution in [3.05, 3.63) is 18.7 Å². The van der Waals surface area contributed by atoms with Crippen LogP contribution < -0.4 is 9.47 Å². The predicted molar refractivity (Wildman–Crippen MR) is 50.1 cm³/mol. The van der Waals surface area contributed by atoms with Crippen LogP contribution in [0.4, 0.5) is 0 Å². The summed E-state index contributed by atoms with van der Waals surface area (Å²) in [7, 11) is 3.04. The summed E-state index contributed by atoms with van der Waals surface area (Å²) in [6, 6.07) is 1.58. The van der Waals surface area contributed by atoms with E-state index in [1.54, 1.807) is 6.07 Å². The van der Waals surface area contributed by atoms with Crippen LogP contribution in [0.25, 0.3) is 5.95 Å². The Bertz CT molecular complexity index is 420. The molecule has 0 fully saturated rings. The summed E-state index contributed by atoms with van der Waals surface area (Å²) >= 11 is 0. The van der Waals surface area contributed by atoms with Crippen LogP contribution in [-0.4, -0.2) is 39.0 Å². The smallest absolute Gasteiger partial charge is 0.258 e. The van der Waals surface area contributed by atoms with Gasteiger partial charge in [0.1, 0.15) is 12.7 Å². The Morgan fingerprint density at radius 3 is 2.27 bits per heavy atom. The van der Waals surface area contributed by atoms with Gasteiger partial charge in [0.15, 0.2) is 0 Å². The highest BCUT2D eigenvalue weighted by Gasteiger charge is 2.07. The third-order valence-corrected chi connectivity index (χ3v) is 1.71. The Hall–Kier alpha value is -2.18. The van der Waals surface area contributed by atoms with Gasteiger partial charge in [-0.1, -0.05) is 0 Å². The molecule has 0 aliphatic heterocycles. The van der Waals surface area contributed by atoms with Gasteiger partial charge >= 0.3 is 0 Å². The lowest BCUT2D eigenvalue weighted by molar-refractivity contribution is 0.369. The zero-order valence-electron chi connectivity index (χ0n) is 8.28. The fourth-order valence-electron chi connectivity index (χ4n) is 1.02. The molecule has 7 nitrogen and oxygen atoms in total. The third-order valence-electron chi connectivity index (χ3n) is 1.71. The number of nitrogens with zero attached hydrogens (tertiary/aromatic N) is 5. The molecule has 0 aliphatic rings.